The Hall–Kier alpha value is -2.28. The lowest BCUT2D eigenvalue weighted by Crippen LogP contribution is -2.05. The Kier molecular flexibility index (Phi) is 2.14. The minimum atomic E-state index is -0.336. The van der Waals surface area contributed by atoms with Gasteiger partial charge in [-0.25, -0.2) is 0 Å². The van der Waals surface area contributed by atoms with Crippen molar-refractivity contribution >= 4 is 11.0 Å². The molecule has 0 spiro atoms. The molecule has 1 heterocycles. The summed E-state index contributed by atoms with van der Waals surface area (Å²) in [5.74, 6) is 0.481. The first-order valence-electron chi connectivity index (χ1n) is 4.26. The molecule has 0 bridgehead atoms. The normalized spacial score (nSPS) is 9.87. The van der Waals surface area contributed by atoms with Gasteiger partial charge in [-0.3, -0.25) is 4.79 Å². The summed E-state index contributed by atoms with van der Waals surface area (Å²) >= 11 is 0. The van der Waals surface area contributed by atoms with Crippen LogP contribution in [0.25, 0.3) is 11.0 Å². The van der Waals surface area contributed by atoms with Crippen molar-refractivity contribution in [2.24, 2.45) is 0 Å². The molecular weight excluding hydrogens is 194 g/mol. The summed E-state index contributed by atoms with van der Waals surface area (Å²) in [6.45, 7) is 0. The van der Waals surface area contributed by atoms with Gasteiger partial charge in [0.25, 0.3) is 0 Å². The summed E-state index contributed by atoms with van der Waals surface area (Å²) in [6, 6.07) is 6.75. The Labute approximate surface area is 85.3 Å². The maximum absolute atomic E-state index is 11.7. The van der Waals surface area contributed by atoms with E-state index in [0.29, 0.717) is 16.7 Å². The van der Waals surface area contributed by atoms with Crippen molar-refractivity contribution in [2.45, 2.75) is 0 Å². The number of ether oxygens (including phenoxy) is 1. The number of nitrogens with zero attached hydrogens (tertiary/aromatic N) is 1. The highest BCUT2D eigenvalue weighted by atomic mass is 16.5. The first kappa shape index (κ1) is 9.28. The number of rotatable bonds is 1. The maximum atomic E-state index is 11.7. The molecule has 15 heavy (non-hydrogen) atoms. The van der Waals surface area contributed by atoms with E-state index in [4.69, 9.17) is 14.4 Å². The van der Waals surface area contributed by atoms with Gasteiger partial charge < -0.3 is 9.15 Å². The lowest BCUT2D eigenvalue weighted by Gasteiger charge is -2.02. The lowest BCUT2D eigenvalue weighted by atomic mass is 10.2. The molecule has 2 aromatic rings. The van der Waals surface area contributed by atoms with Crippen molar-refractivity contribution < 1.29 is 9.15 Å². The van der Waals surface area contributed by atoms with Gasteiger partial charge in [0.1, 0.15) is 17.9 Å². The maximum Gasteiger partial charge on any atom is 0.210 e. The highest BCUT2D eigenvalue weighted by Gasteiger charge is 2.09. The summed E-state index contributed by atoms with van der Waals surface area (Å²) in [4.78, 5) is 11.7. The Morgan fingerprint density at radius 3 is 2.93 bits per heavy atom. The minimum absolute atomic E-state index is 0.00393. The standard InChI is InChI=1S/C11H7NO3/c1-14-9-4-2-3-8-10(13)7(5-12)6-15-11(8)9/h2-4,6H,1H3. The summed E-state index contributed by atoms with van der Waals surface area (Å²) in [5, 5.41) is 9.02. The van der Waals surface area contributed by atoms with E-state index in [0.717, 1.165) is 6.26 Å². The van der Waals surface area contributed by atoms with Crippen LogP contribution in [0.2, 0.25) is 0 Å². The molecule has 0 unspecified atom stereocenters. The number of nitriles is 1. The van der Waals surface area contributed by atoms with Crippen LogP contribution in [-0.4, -0.2) is 7.11 Å². The summed E-state index contributed by atoms with van der Waals surface area (Å²) in [7, 11) is 1.49. The number of hydrogen-bond donors (Lipinski definition) is 0. The SMILES string of the molecule is COc1cccc2c(=O)c(C#N)coc12. The molecule has 0 amide bonds. The van der Waals surface area contributed by atoms with Gasteiger partial charge in [0.2, 0.25) is 5.43 Å². The van der Waals surface area contributed by atoms with Crippen molar-refractivity contribution in [1.29, 1.82) is 5.26 Å². The monoisotopic (exact) mass is 201 g/mol. The predicted octanol–water partition coefficient (Wildman–Crippen LogP) is 1.67. The van der Waals surface area contributed by atoms with Gasteiger partial charge in [0, 0.05) is 0 Å². The summed E-state index contributed by atoms with van der Waals surface area (Å²) < 4.78 is 10.2. The smallest absolute Gasteiger partial charge is 0.210 e. The van der Waals surface area contributed by atoms with Crippen LogP contribution in [0.15, 0.2) is 33.7 Å². The number of para-hydroxylation sites is 1. The average molecular weight is 201 g/mol. The van der Waals surface area contributed by atoms with Crippen LogP contribution in [-0.2, 0) is 0 Å². The quantitative estimate of drug-likeness (QED) is 0.704. The second-order valence-corrected chi connectivity index (χ2v) is 2.93. The second-order valence-electron chi connectivity index (χ2n) is 2.93. The molecule has 0 aliphatic heterocycles. The van der Waals surface area contributed by atoms with E-state index in [1.54, 1.807) is 24.3 Å². The molecule has 2 rings (SSSR count). The van der Waals surface area contributed by atoms with Gasteiger partial charge in [-0.05, 0) is 12.1 Å². The number of benzene rings is 1. The van der Waals surface area contributed by atoms with Crippen molar-refractivity contribution in [3.8, 4) is 11.8 Å². The van der Waals surface area contributed by atoms with Crippen molar-refractivity contribution in [3.05, 3.63) is 40.2 Å². The van der Waals surface area contributed by atoms with Crippen molar-refractivity contribution in [1.82, 2.24) is 0 Å². The topological polar surface area (TPSA) is 63.2 Å². The van der Waals surface area contributed by atoms with Gasteiger partial charge in [0.15, 0.2) is 11.3 Å². The second kappa shape index (κ2) is 3.46. The van der Waals surface area contributed by atoms with Crippen LogP contribution in [0.4, 0.5) is 0 Å². The largest absolute Gasteiger partial charge is 0.493 e. The zero-order valence-corrected chi connectivity index (χ0v) is 7.98. The van der Waals surface area contributed by atoms with Crippen LogP contribution in [0.1, 0.15) is 5.56 Å². The zero-order valence-electron chi connectivity index (χ0n) is 7.98. The molecule has 0 aliphatic rings. The van der Waals surface area contributed by atoms with Crippen LogP contribution < -0.4 is 10.2 Å². The molecule has 74 valence electrons. The van der Waals surface area contributed by atoms with Gasteiger partial charge in [-0.1, -0.05) is 6.07 Å². The van der Waals surface area contributed by atoms with Crippen molar-refractivity contribution in [3.63, 3.8) is 0 Å². The molecule has 1 aromatic carbocycles. The molecule has 4 nitrogen and oxygen atoms in total. The molecule has 0 saturated heterocycles. The Morgan fingerprint density at radius 1 is 1.47 bits per heavy atom. The van der Waals surface area contributed by atoms with Gasteiger partial charge >= 0.3 is 0 Å². The fourth-order valence-electron chi connectivity index (χ4n) is 1.37. The van der Waals surface area contributed by atoms with E-state index < -0.39 is 0 Å². The fourth-order valence-corrected chi connectivity index (χ4v) is 1.37. The van der Waals surface area contributed by atoms with Crippen LogP contribution in [0.5, 0.6) is 5.75 Å². The third-order valence-corrected chi connectivity index (χ3v) is 2.10. The Balaban J connectivity index is 2.92. The van der Waals surface area contributed by atoms with Crippen LogP contribution in [0, 0.1) is 11.3 Å². The lowest BCUT2D eigenvalue weighted by molar-refractivity contribution is 0.409. The fraction of sp³-hybridized carbons (Fsp3) is 0.0909. The van der Waals surface area contributed by atoms with Gasteiger partial charge in [-0.15, -0.1) is 0 Å². The first-order valence-corrected chi connectivity index (χ1v) is 4.26. The molecule has 0 fully saturated rings. The van der Waals surface area contributed by atoms with E-state index in [-0.39, 0.29) is 11.0 Å². The molecule has 1 aromatic heterocycles. The van der Waals surface area contributed by atoms with E-state index >= 15 is 0 Å². The molecule has 0 N–H and O–H groups in total. The average Bonchev–Trinajstić information content (AvgIpc) is 2.29. The van der Waals surface area contributed by atoms with E-state index in [1.807, 2.05) is 0 Å². The molecule has 0 atom stereocenters. The number of methoxy groups -OCH3 is 1. The van der Waals surface area contributed by atoms with Crippen LogP contribution in [0.3, 0.4) is 0 Å². The minimum Gasteiger partial charge on any atom is -0.493 e. The summed E-state index contributed by atoms with van der Waals surface area (Å²) in [5.41, 5.74) is 0.0254. The van der Waals surface area contributed by atoms with Crippen molar-refractivity contribution in [2.75, 3.05) is 7.11 Å². The first-order chi connectivity index (χ1) is 7.27. The summed E-state index contributed by atoms with van der Waals surface area (Å²) in [6.07, 6.45) is 1.15. The zero-order chi connectivity index (χ0) is 10.8. The molecular formula is C11H7NO3. The third-order valence-electron chi connectivity index (χ3n) is 2.10. The van der Waals surface area contributed by atoms with E-state index in [1.165, 1.54) is 7.11 Å². The molecule has 0 saturated carbocycles. The van der Waals surface area contributed by atoms with Gasteiger partial charge in [-0.2, -0.15) is 5.26 Å². The molecule has 0 aliphatic carbocycles. The third kappa shape index (κ3) is 1.34. The highest BCUT2D eigenvalue weighted by molar-refractivity contribution is 5.83. The van der Waals surface area contributed by atoms with Gasteiger partial charge in [0.05, 0.1) is 12.5 Å². The molecule has 0 radical (unpaired) electrons. The number of hydrogen-bond acceptors (Lipinski definition) is 4. The van der Waals surface area contributed by atoms with Crippen LogP contribution >= 0.6 is 0 Å². The predicted molar refractivity (Wildman–Crippen MR) is 53.8 cm³/mol. The van der Waals surface area contributed by atoms with E-state index in [9.17, 15) is 4.79 Å². The Bertz CT molecular complexity index is 607. The highest BCUT2D eigenvalue weighted by Crippen LogP contribution is 2.22. The number of fused-ring (bicyclic) bond motifs is 1. The van der Waals surface area contributed by atoms with E-state index in [2.05, 4.69) is 0 Å². The Morgan fingerprint density at radius 2 is 2.27 bits per heavy atom. The molecule has 4 heteroatoms.